The highest BCUT2D eigenvalue weighted by atomic mass is 35.5. The zero-order valence-corrected chi connectivity index (χ0v) is 12.7. The normalized spacial score (nSPS) is 10.7. The third-order valence-corrected chi connectivity index (χ3v) is 3.58. The number of pyridine rings is 1. The minimum absolute atomic E-state index is 0.0317. The second-order valence-corrected chi connectivity index (χ2v) is 5.10. The second-order valence-electron chi connectivity index (χ2n) is 4.74. The molecule has 1 aromatic carbocycles. The molecular formula is C16H12ClN3O3. The first-order valence-electron chi connectivity index (χ1n) is 6.88. The van der Waals surface area contributed by atoms with Gasteiger partial charge in [0.05, 0.1) is 29.3 Å². The maximum atomic E-state index is 12.3. The van der Waals surface area contributed by atoms with Crippen molar-refractivity contribution in [3.63, 3.8) is 0 Å². The van der Waals surface area contributed by atoms with Gasteiger partial charge in [-0.1, -0.05) is 23.7 Å². The molecule has 6 nitrogen and oxygen atoms in total. The summed E-state index contributed by atoms with van der Waals surface area (Å²) in [6, 6.07) is 10.2. The van der Waals surface area contributed by atoms with Crippen molar-refractivity contribution in [2.45, 2.75) is 6.54 Å². The SMILES string of the molecule is O=C(OCCn1cnc2ccccc2c1=O)c1cccnc1Cl. The van der Waals surface area contributed by atoms with Crippen LogP contribution in [0.1, 0.15) is 10.4 Å². The fraction of sp³-hybridized carbons (Fsp3) is 0.125. The van der Waals surface area contributed by atoms with E-state index in [4.69, 9.17) is 16.3 Å². The van der Waals surface area contributed by atoms with Gasteiger partial charge in [-0.15, -0.1) is 0 Å². The zero-order valence-electron chi connectivity index (χ0n) is 12.0. The molecule has 0 radical (unpaired) electrons. The van der Waals surface area contributed by atoms with Gasteiger partial charge < -0.3 is 4.74 Å². The Bertz CT molecular complexity index is 924. The molecule has 0 atom stereocenters. The average molecular weight is 330 g/mol. The lowest BCUT2D eigenvalue weighted by atomic mass is 10.2. The Kier molecular flexibility index (Phi) is 4.34. The number of esters is 1. The maximum Gasteiger partial charge on any atom is 0.341 e. The van der Waals surface area contributed by atoms with Crippen LogP contribution in [0.4, 0.5) is 0 Å². The van der Waals surface area contributed by atoms with E-state index in [0.29, 0.717) is 10.9 Å². The Balaban J connectivity index is 1.70. The largest absolute Gasteiger partial charge is 0.460 e. The van der Waals surface area contributed by atoms with E-state index < -0.39 is 5.97 Å². The number of ether oxygens (including phenoxy) is 1. The quantitative estimate of drug-likeness (QED) is 0.542. The Morgan fingerprint density at radius 3 is 2.83 bits per heavy atom. The molecule has 23 heavy (non-hydrogen) atoms. The van der Waals surface area contributed by atoms with E-state index >= 15 is 0 Å². The average Bonchev–Trinajstić information content (AvgIpc) is 2.57. The fourth-order valence-corrected chi connectivity index (χ4v) is 2.31. The van der Waals surface area contributed by atoms with Crippen LogP contribution in [0.15, 0.2) is 53.7 Å². The summed E-state index contributed by atoms with van der Waals surface area (Å²) in [5, 5.41) is 0.610. The fourth-order valence-electron chi connectivity index (χ4n) is 2.12. The molecule has 0 bridgehead atoms. The number of para-hydroxylation sites is 1. The number of nitrogens with zero attached hydrogens (tertiary/aromatic N) is 3. The summed E-state index contributed by atoms with van der Waals surface area (Å²) >= 11 is 5.83. The molecule has 0 aliphatic rings. The molecule has 0 saturated carbocycles. The molecule has 2 heterocycles. The molecule has 3 rings (SSSR count). The first-order chi connectivity index (χ1) is 11.2. The Labute approximate surface area is 136 Å². The Morgan fingerprint density at radius 2 is 2.00 bits per heavy atom. The van der Waals surface area contributed by atoms with Gasteiger partial charge in [0.2, 0.25) is 0 Å². The van der Waals surface area contributed by atoms with Crippen molar-refractivity contribution in [2.24, 2.45) is 0 Å². The molecule has 3 aromatic rings. The van der Waals surface area contributed by atoms with Crippen molar-refractivity contribution in [1.29, 1.82) is 0 Å². The topological polar surface area (TPSA) is 74.1 Å². The van der Waals surface area contributed by atoms with Crippen molar-refractivity contribution in [2.75, 3.05) is 6.61 Å². The van der Waals surface area contributed by atoms with Crippen LogP contribution in [0.3, 0.4) is 0 Å². The number of hydrogen-bond acceptors (Lipinski definition) is 5. The number of carbonyl (C=O) groups is 1. The number of carbonyl (C=O) groups excluding carboxylic acids is 1. The summed E-state index contributed by atoms with van der Waals surface area (Å²) in [6.07, 6.45) is 2.93. The predicted molar refractivity (Wildman–Crippen MR) is 85.5 cm³/mol. The second kappa shape index (κ2) is 6.58. The first-order valence-corrected chi connectivity index (χ1v) is 7.26. The van der Waals surface area contributed by atoms with Gasteiger partial charge in [0.15, 0.2) is 0 Å². The van der Waals surface area contributed by atoms with Gasteiger partial charge in [0.25, 0.3) is 5.56 Å². The van der Waals surface area contributed by atoms with Gasteiger partial charge in [0.1, 0.15) is 11.8 Å². The van der Waals surface area contributed by atoms with Crippen LogP contribution in [0.5, 0.6) is 0 Å². The maximum absolute atomic E-state index is 12.3. The summed E-state index contributed by atoms with van der Waals surface area (Å²) in [5.74, 6) is -0.579. The van der Waals surface area contributed by atoms with Gasteiger partial charge in [0, 0.05) is 6.20 Å². The third-order valence-electron chi connectivity index (χ3n) is 3.28. The van der Waals surface area contributed by atoms with Crippen LogP contribution in [0.2, 0.25) is 5.15 Å². The van der Waals surface area contributed by atoms with Crippen LogP contribution in [0.25, 0.3) is 10.9 Å². The van der Waals surface area contributed by atoms with E-state index in [1.807, 2.05) is 6.07 Å². The summed E-state index contributed by atoms with van der Waals surface area (Å²) in [6.45, 7) is 0.240. The van der Waals surface area contributed by atoms with Crippen molar-refractivity contribution in [1.82, 2.24) is 14.5 Å². The van der Waals surface area contributed by atoms with Crippen molar-refractivity contribution >= 4 is 28.5 Å². The van der Waals surface area contributed by atoms with Crippen LogP contribution in [-0.4, -0.2) is 27.1 Å². The highest BCUT2D eigenvalue weighted by Gasteiger charge is 2.12. The molecule has 0 fully saturated rings. The minimum Gasteiger partial charge on any atom is -0.460 e. The molecule has 116 valence electrons. The van der Waals surface area contributed by atoms with Crippen LogP contribution < -0.4 is 5.56 Å². The Hall–Kier alpha value is -2.73. The first kappa shape index (κ1) is 15.2. The number of fused-ring (bicyclic) bond motifs is 1. The molecule has 2 aromatic heterocycles. The van der Waals surface area contributed by atoms with Gasteiger partial charge >= 0.3 is 5.97 Å². The van der Waals surface area contributed by atoms with Gasteiger partial charge in [-0.25, -0.2) is 14.8 Å². The van der Waals surface area contributed by atoms with Crippen LogP contribution in [-0.2, 0) is 11.3 Å². The lowest BCUT2D eigenvalue weighted by molar-refractivity contribution is 0.0490. The third kappa shape index (κ3) is 3.22. The van der Waals surface area contributed by atoms with Crippen molar-refractivity contribution < 1.29 is 9.53 Å². The molecule has 0 amide bonds. The number of benzene rings is 1. The van der Waals surface area contributed by atoms with E-state index in [9.17, 15) is 9.59 Å². The highest BCUT2D eigenvalue weighted by Crippen LogP contribution is 2.12. The molecular weight excluding hydrogens is 318 g/mol. The van der Waals surface area contributed by atoms with E-state index in [1.165, 1.54) is 23.2 Å². The van der Waals surface area contributed by atoms with Crippen molar-refractivity contribution in [3.8, 4) is 0 Å². The summed E-state index contributed by atoms with van der Waals surface area (Å²) in [4.78, 5) is 32.2. The van der Waals surface area contributed by atoms with Crippen LogP contribution >= 0.6 is 11.6 Å². The molecule has 7 heteroatoms. The minimum atomic E-state index is -0.579. The van der Waals surface area contributed by atoms with Gasteiger partial charge in [-0.2, -0.15) is 0 Å². The van der Waals surface area contributed by atoms with E-state index in [-0.39, 0.29) is 29.4 Å². The number of rotatable bonds is 4. The zero-order chi connectivity index (χ0) is 16.2. The van der Waals surface area contributed by atoms with Gasteiger partial charge in [-0.05, 0) is 24.3 Å². The summed E-state index contributed by atoms with van der Waals surface area (Å²) in [7, 11) is 0. The number of halogens is 1. The van der Waals surface area contributed by atoms with Crippen molar-refractivity contribution in [3.05, 3.63) is 70.0 Å². The standard InChI is InChI=1S/C16H12ClN3O3/c17-14-12(5-3-7-18-14)16(22)23-9-8-20-10-19-13-6-2-1-4-11(13)15(20)21/h1-7,10H,8-9H2. The molecule has 0 aliphatic carbocycles. The monoisotopic (exact) mass is 329 g/mol. The smallest absolute Gasteiger partial charge is 0.341 e. The molecule has 0 spiro atoms. The molecule has 0 unspecified atom stereocenters. The lowest BCUT2D eigenvalue weighted by Crippen LogP contribution is -2.23. The Morgan fingerprint density at radius 1 is 1.17 bits per heavy atom. The lowest BCUT2D eigenvalue weighted by Gasteiger charge is -2.08. The molecule has 0 N–H and O–H groups in total. The molecule has 0 saturated heterocycles. The van der Waals surface area contributed by atoms with E-state index in [1.54, 1.807) is 24.3 Å². The number of aromatic nitrogens is 3. The van der Waals surface area contributed by atoms with E-state index in [2.05, 4.69) is 9.97 Å². The number of hydrogen-bond donors (Lipinski definition) is 0. The van der Waals surface area contributed by atoms with Gasteiger partial charge in [-0.3, -0.25) is 9.36 Å². The highest BCUT2D eigenvalue weighted by molar-refractivity contribution is 6.32. The molecule has 0 aliphatic heterocycles. The van der Waals surface area contributed by atoms with Crippen LogP contribution in [0, 0.1) is 0 Å². The summed E-state index contributed by atoms with van der Waals surface area (Å²) in [5.41, 5.74) is 0.650. The summed E-state index contributed by atoms with van der Waals surface area (Å²) < 4.78 is 6.53. The van der Waals surface area contributed by atoms with E-state index in [0.717, 1.165) is 0 Å². The predicted octanol–water partition coefficient (Wildman–Crippen LogP) is 2.30.